The molecule has 2 aliphatic rings. The van der Waals surface area contributed by atoms with Crippen molar-refractivity contribution in [3.05, 3.63) is 23.8 Å². The van der Waals surface area contributed by atoms with E-state index >= 15 is 0 Å². The minimum absolute atomic E-state index is 0.0147. The van der Waals surface area contributed by atoms with E-state index in [1.54, 1.807) is 14.2 Å². The summed E-state index contributed by atoms with van der Waals surface area (Å²) in [6, 6.07) is 5.80. The lowest BCUT2D eigenvalue weighted by atomic mass is 9.83. The predicted molar refractivity (Wildman–Crippen MR) is 103 cm³/mol. The van der Waals surface area contributed by atoms with Crippen LogP contribution in [0.15, 0.2) is 18.2 Å². The fraction of sp³-hybridized carbons (Fsp3) is 0.619. The van der Waals surface area contributed by atoms with Gasteiger partial charge in [0.05, 0.1) is 14.2 Å². The van der Waals surface area contributed by atoms with Crippen molar-refractivity contribution in [3.8, 4) is 11.5 Å². The van der Waals surface area contributed by atoms with Gasteiger partial charge in [-0.1, -0.05) is 12.5 Å². The van der Waals surface area contributed by atoms with Crippen LogP contribution in [0.25, 0.3) is 0 Å². The summed E-state index contributed by atoms with van der Waals surface area (Å²) in [4.78, 5) is 26.7. The maximum absolute atomic E-state index is 12.4. The Bertz CT molecular complexity index is 664. The van der Waals surface area contributed by atoms with Crippen LogP contribution in [0.4, 0.5) is 0 Å². The number of carbonyl (C=O) groups excluding carboxylic acids is 2. The third kappa shape index (κ3) is 4.73. The molecule has 1 aromatic rings. The first-order valence-electron chi connectivity index (χ1n) is 9.89. The quantitative estimate of drug-likeness (QED) is 0.796. The Balaban J connectivity index is 1.40. The van der Waals surface area contributed by atoms with Gasteiger partial charge in [-0.2, -0.15) is 0 Å². The molecule has 6 nitrogen and oxygen atoms in total. The topological polar surface area (TPSA) is 67.9 Å². The monoisotopic (exact) mass is 374 g/mol. The summed E-state index contributed by atoms with van der Waals surface area (Å²) in [7, 11) is 3.23. The lowest BCUT2D eigenvalue weighted by Crippen LogP contribution is -2.46. The van der Waals surface area contributed by atoms with Crippen molar-refractivity contribution < 1.29 is 19.1 Å². The Kier molecular flexibility index (Phi) is 6.58. The highest BCUT2D eigenvalue weighted by Gasteiger charge is 2.33. The number of nitrogens with one attached hydrogen (secondary N) is 1. The second-order valence-corrected chi connectivity index (χ2v) is 7.46. The lowest BCUT2D eigenvalue weighted by Gasteiger charge is -2.36. The van der Waals surface area contributed by atoms with Crippen LogP contribution in [0.5, 0.6) is 11.5 Å². The number of rotatable bonds is 7. The van der Waals surface area contributed by atoms with E-state index in [-0.39, 0.29) is 17.7 Å². The van der Waals surface area contributed by atoms with E-state index in [0.717, 1.165) is 37.7 Å². The van der Waals surface area contributed by atoms with Gasteiger partial charge in [0, 0.05) is 31.5 Å². The highest BCUT2D eigenvalue weighted by atomic mass is 16.5. The van der Waals surface area contributed by atoms with Gasteiger partial charge in [0.25, 0.3) is 0 Å². The predicted octanol–water partition coefficient (Wildman–Crippen LogP) is 2.40. The number of benzene rings is 1. The van der Waals surface area contributed by atoms with Crippen molar-refractivity contribution in [2.75, 3.05) is 33.9 Å². The van der Waals surface area contributed by atoms with Crippen LogP contribution in [-0.4, -0.2) is 50.6 Å². The number of piperidine rings is 1. The Labute approximate surface area is 161 Å². The summed E-state index contributed by atoms with van der Waals surface area (Å²) >= 11 is 0. The van der Waals surface area contributed by atoms with Gasteiger partial charge < -0.3 is 19.7 Å². The molecular formula is C21H30N2O4. The van der Waals surface area contributed by atoms with E-state index in [1.807, 2.05) is 23.1 Å². The maximum atomic E-state index is 12.4. The normalized spacial score (nSPS) is 17.9. The first kappa shape index (κ1) is 19.5. The number of carbonyl (C=O) groups is 2. The van der Waals surface area contributed by atoms with Crippen LogP contribution >= 0.6 is 0 Å². The Hall–Kier alpha value is -2.24. The van der Waals surface area contributed by atoms with Crippen molar-refractivity contribution >= 4 is 11.8 Å². The third-order valence-electron chi connectivity index (χ3n) is 5.79. The third-order valence-corrected chi connectivity index (χ3v) is 5.79. The summed E-state index contributed by atoms with van der Waals surface area (Å²) in [5.74, 6) is 2.07. The van der Waals surface area contributed by atoms with Crippen LogP contribution in [0.2, 0.25) is 0 Å². The van der Waals surface area contributed by atoms with E-state index in [2.05, 4.69) is 5.32 Å². The van der Waals surface area contributed by atoms with Crippen molar-refractivity contribution in [2.24, 2.45) is 11.8 Å². The molecule has 1 saturated carbocycles. The number of methoxy groups -OCH3 is 2. The fourth-order valence-corrected chi connectivity index (χ4v) is 3.79. The van der Waals surface area contributed by atoms with Crippen LogP contribution in [0.3, 0.4) is 0 Å². The molecular weight excluding hydrogens is 344 g/mol. The molecule has 0 radical (unpaired) electrons. The molecule has 2 amide bonds. The second-order valence-electron chi connectivity index (χ2n) is 7.46. The van der Waals surface area contributed by atoms with E-state index in [4.69, 9.17) is 9.47 Å². The van der Waals surface area contributed by atoms with Crippen molar-refractivity contribution in [3.63, 3.8) is 0 Å². The average Bonchev–Trinajstić information content (AvgIpc) is 2.66. The highest BCUT2D eigenvalue weighted by molar-refractivity contribution is 5.81. The van der Waals surface area contributed by atoms with Crippen LogP contribution < -0.4 is 14.8 Å². The molecule has 1 N–H and O–H groups in total. The first-order valence-corrected chi connectivity index (χ1v) is 9.89. The molecule has 1 aliphatic heterocycles. The molecule has 1 aromatic carbocycles. The Morgan fingerprint density at radius 2 is 1.74 bits per heavy atom. The molecule has 6 heteroatoms. The highest BCUT2D eigenvalue weighted by Crippen LogP contribution is 2.30. The van der Waals surface area contributed by atoms with Gasteiger partial charge in [0.1, 0.15) is 0 Å². The molecule has 0 spiro atoms. The minimum atomic E-state index is 0.0147. The van der Waals surface area contributed by atoms with E-state index in [0.29, 0.717) is 37.0 Å². The van der Waals surface area contributed by atoms with Crippen molar-refractivity contribution in [2.45, 2.75) is 38.5 Å². The van der Waals surface area contributed by atoms with Gasteiger partial charge in [0.2, 0.25) is 11.8 Å². The van der Waals surface area contributed by atoms with Gasteiger partial charge in [-0.25, -0.2) is 0 Å². The molecule has 0 bridgehead atoms. The summed E-state index contributed by atoms with van der Waals surface area (Å²) in [5.41, 5.74) is 1.09. The lowest BCUT2D eigenvalue weighted by molar-refractivity contribution is -0.141. The van der Waals surface area contributed by atoms with Crippen molar-refractivity contribution in [1.29, 1.82) is 0 Å². The molecule has 0 atom stereocenters. The largest absolute Gasteiger partial charge is 0.493 e. The number of nitrogens with zero attached hydrogens (tertiary/aromatic N) is 1. The number of ether oxygens (including phenoxy) is 2. The van der Waals surface area contributed by atoms with Gasteiger partial charge in [0.15, 0.2) is 11.5 Å². The number of hydrogen-bond donors (Lipinski definition) is 1. The van der Waals surface area contributed by atoms with Gasteiger partial charge in [-0.3, -0.25) is 9.59 Å². The van der Waals surface area contributed by atoms with E-state index in [9.17, 15) is 9.59 Å². The molecule has 1 aliphatic carbocycles. The van der Waals surface area contributed by atoms with Gasteiger partial charge in [-0.15, -0.1) is 0 Å². The second kappa shape index (κ2) is 9.11. The molecule has 3 rings (SSSR count). The number of amides is 2. The van der Waals surface area contributed by atoms with Crippen molar-refractivity contribution in [1.82, 2.24) is 10.2 Å². The van der Waals surface area contributed by atoms with Crippen LogP contribution in [0, 0.1) is 11.8 Å². The van der Waals surface area contributed by atoms with Gasteiger partial charge >= 0.3 is 0 Å². The fourth-order valence-electron chi connectivity index (χ4n) is 3.79. The molecule has 2 fully saturated rings. The zero-order valence-corrected chi connectivity index (χ0v) is 16.3. The number of hydrogen-bond acceptors (Lipinski definition) is 4. The molecule has 1 saturated heterocycles. The molecule has 1 heterocycles. The Morgan fingerprint density at radius 1 is 1.04 bits per heavy atom. The summed E-state index contributed by atoms with van der Waals surface area (Å²) in [6.07, 6.45) is 5.52. The van der Waals surface area contributed by atoms with Gasteiger partial charge in [-0.05, 0) is 49.8 Å². The standard InChI is InChI=1S/C21H30N2O4/c1-26-18-7-6-15(14-19(18)27-2)8-11-22-20(24)16-9-12-23(13-10-16)21(25)17-4-3-5-17/h6-7,14,16-17H,3-5,8-13H2,1-2H3,(H,22,24). The maximum Gasteiger partial charge on any atom is 0.225 e. The zero-order valence-electron chi connectivity index (χ0n) is 16.3. The molecule has 0 unspecified atom stereocenters. The minimum Gasteiger partial charge on any atom is -0.493 e. The Morgan fingerprint density at radius 3 is 2.33 bits per heavy atom. The first-order chi connectivity index (χ1) is 13.1. The smallest absolute Gasteiger partial charge is 0.225 e. The summed E-state index contributed by atoms with van der Waals surface area (Å²) in [5, 5.41) is 3.04. The van der Waals surface area contributed by atoms with Crippen LogP contribution in [-0.2, 0) is 16.0 Å². The van der Waals surface area contributed by atoms with Crippen LogP contribution in [0.1, 0.15) is 37.7 Å². The SMILES string of the molecule is COc1ccc(CCNC(=O)C2CCN(C(=O)C3CCC3)CC2)cc1OC. The number of likely N-dealkylation sites (tertiary alicyclic amines) is 1. The molecule has 0 aromatic heterocycles. The molecule has 148 valence electrons. The summed E-state index contributed by atoms with van der Waals surface area (Å²) < 4.78 is 10.6. The zero-order chi connectivity index (χ0) is 19.2. The average molecular weight is 374 g/mol. The summed E-state index contributed by atoms with van der Waals surface area (Å²) in [6.45, 7) is 2.02. The van der Waals surface area contributed by atoms with E-state index < -0.39 is 0 Å². The molecule has 27 heavy (non-hydrogen) atoms. The van der Waals surface area contributed by atoms with E-state index in [1.165, 1.54) is 6.42 Å².